The highest BCUT2D eigenvalue weighted by atomic mass is 32.2. The molecule has 1 aromatic rings. The van der Waals surface area contributed by atoms with Gasteiger partial charge in [0.2, 0.25) is 0 Å². The van der Waals surface area contributed by atoms with Crippen molar-refractivity contribution in [3.05, 3.63) is 24.3 Å². The molecule has 1 fully saturated rings. The molecule has 1 saturated heterocycles. The summed E-state index contributed by atoms with van der Waals surface area (Å²) in [4.78, 5) is 5.33. The summed E-state index contributed by atoms with van der Waals surface area (Å²) in [6.07, 6.45) is 0. The smallest absolute Gasteiger partial charge is 0.182 e. The molecule has 6 heteroatoms. The van der Waals surface area contributed by atoms with E-state index < -0.39 is 0 Å². The van der Waals surface area contributed by atoms with Crippen molar-refractivity contribution >= 4 is 52.1 Å². The summed E-state index contributed by atoms with van der Waals surface area (Å²) in [7, 11) is 0. The normalized spacial score (nSPS) is 25.9. The van der Waals surface area contributed by atoms with Gasteiger partial charge in [-0.25, -0.2) is 0 Å². The third-order valence-electron chi connectivity index (χ3n) is 3.38. The van der Waals surface area contributed by atoms with Crippen LogP contribution in [0.5, 0.6) is 0 Å². The lowest BCUT2D eigenvalue weighted by molar-refractivity contribution is 0.584. The van der Waals surface area contributed by atoms with Crippen LogP contribution in [0.4, 0.5) is 5.69 Å². The minimum atomic E-state index is 0.346. The average Bonchev–Trinajstić information content (AvgIpc) is 2.69. The highest BCUT2D eigenvalue weighted by molar-refractivity contribution is 8.00. The maximum absolute atomic E-state index is 5.74. The summed E-state index contributed by atoms with van der Waals surface area (Å²) < 4.78 is 0. The van der Waals surface area contributed by atoms with Crippen LogP contribution in [0.25, 0.3) is 0 Å². The zero-order valence-corrected chi connectivity index (χ0v) is 12.3. The first-order valence-electron chi connectivity index (χ1n) is 5.75. The van der Waals surface area contributed by atoms with Crippen molar-refractivity contribution in [2.45, 2.75) is 23.1 Å². The van der Waals surface area contributed by atoms with Gasteiger partial charge < -0.3 is 10.6 Å². The minimum absolute atomic E-state index is 0.346. The summed E-state index contributed by atoms with van der Waals surface area (Å²) in [5.41, 5.74) is 6.92. The summed E-state index contributed by atoms with van der Waals surface area (Å²) in [6, 6.07) is 8.69. The fourth-order valence-electron chi connectivity index (χ4n) is 2.48. The molecule has 0 saturated carbocycles. The van der Waals surface area contributed by atoms with E-state index >= 15 is 0 Å². The minimum Gasteiger partial charge on any atom is -0.376 e. The maximum Gasteiger partial charge on any atom is 0.182 e. The van der Waals surface area contributed by atoms with E-state index in [1.54, 1.807) is 0 Å². The Morgan fingerprint density at radius 2 is 2.17 bits per heavy atom. The second-order valence-corrected chi connectivity index (χ2v) is 6.66. The Kier molecular flexibility index (Phi) is 2.96. The molecule has 94 valence electrons. The van der Waals surface area contributed by atoms with Crippen LogP contribution in [0.1, 0.15) is 6.92 Å². The molecule has 0 radical (unpaired) electrons. The van der Waals surface area contributed by atoms with Crippen molar-refractivity contribution in [3.63, 3.8) is 0 Å². The van der Waals surface area contributed by atoms with E-state index in [9.17, 15) is 0 Å². The first kappa shape index (κ1) is 12.2. The Bertz CT molecular complexity index is 531. The number of thiocarbonyl (C=S) groups is 2. The van der Waals surface area contributed by atoms with Gasteiger partial charge in [-0.3, -0.25) is 4.90 Å². The Labute approximate surface area is 121 Å². The van der Waals surface area contributed by atoms with Crippen molar-refractivity contribution in [2.75, 3.05) is 11.4 Å². The standard InChI is InChI=1S/C12H13N3S3/c1-7-9-6-14(11(13)16)12(17)15(9)8-4-2-3-5-10(8)18-7/h2-5,7,9H,6H2,1H3,(H2,13,16). The van der Waals surface area contributed by atoms with E-state index in [1.807, 2.05) is 22.7 Å². The highest BCUT2D eigenvalue weighted by Crippen LogP contribution is 2.44. The number of anilines is 1. The molecule has 2 aliphatic heterocycles. The predicted octanol–water partition coefficient (Wildman–Crippen LogP) is 2.20. The van der Waals surface area contributed by atoms with Crippen molar-refractivity contribution in [2.24, 2.45) is 5.73 Å². The van der Waals surface area contributed by atoms with Crippen molar-refractivity contribution < 1.29 is 0 Å². The molecule has 2 aliphatic rings. The first-order valence-corrected chi connectivity index (χ1v) is 7.45. The molecule has 2 heterocycles. The van der Waals surface area contributed by atoms with Crippen LogP contribution in [0.15, 0.2) is 29.2 Å². The van der Waals surface area contributed by atoms with Gasteiger partial charge in [0.25, 0.3) is 0 Å². The van der Waals surface area contributed by atoms with Crippen LogP contribution in [0.3, 0.4) is 0 Å². The highest BCUT2D eigenvalue weighted by Gasteiger charge is 2.43. The molecular weight excluding hydrogens is 282 g/mol. The quantitative estimate of drug-likeness (QED) is 0.739. The summed E-state index contributed by atoms with van der Waals surface area (Å²) in [6.45, 7) is 3.01. The number of benzene rings is 1. The second kappa shape index (κ2) is 4.36. The molecule has 0 aliphatic carbocycles. The topological polar surface area (TPSA) is 32.5 Å². The maximum atomic E-state index is 5.74. The van der Waals surface area contributed by atoms with E-state index in [-0.39, 0.29) is 0 Å². The number of hydrogen-bond donors (Lipinski definition) is 1. The molecule has 3 nitrogen and oxygen atoms in total. The summed E-state index contributed by atoms with van der Waals surface area (Å²) in [5, 5.41) is 1.56. The fourth-order valence-corrected chi connectivity index (χ4v) is 4.31. The third-order valence-corrected chi connectivity index (χ3v) is 5.31. The molecule has 0 spiro atoms. The van der Waals surface area contributed by atoms with Gasteiger partial charge in [0.1, 0.15) is 0 Å². The van der Waals surface area contributed by atoms with Crippen molar-refractivity contribution in [1.29, 1.82) is 0 Å². The van der Waals surface area contributed by atoms with Crippen LogP contribution in [-0.4, -0.2) is 33.0 Å². The van der Waals surface area contributed by atoms with Gasteiger partial charge in [-0.15, -0.1) is 11.8 Å². The zero-order valence-electron chi connectivity index (χ0n) is 9.87. The lowest BCUT2D eigenvalue weighted by atomic mass is 10.1. The number of thioether (sulfide) groups is 1. The monoisotopic (exact) mass is 295 g/mol. The number of para-hydroxylation sites is 1. The van der Waals surface area contributed by atoms with Gasteiger partial charge in [-0.1, -0.05) is 19.1 Å². The predicted molar refractivity (Wildman–Crippen MR) is 84.1 cm³/mol. The Morgan fingerprint density at radius 3 is 2.89 bits per heavy atom. The van der Waals surface area contributed by atoms with Crippen molar-refractivity contribution in [3.8, 4) is 0 Å². The number of nitrogens with two attached hydrogens (primary N) is 1. The van der Waals surface area contributed by atoms with Gasteiger partial charge in [0.05, 0.1) is 11.7 Å². The number of fused-ring (bicyclic) bond motifs is 3. The molecule has 0 amide bonds. The molecule has 0 bridgehead atoms. The van der Waals surface area contributed by atoms with Crippen LogP contribution in [0.2, 0.25) is 0 Å². The molecule has 2 N–H and O–H groups in total. The summed E-state index contributed by atoms with van der Waals surface area (Å²) >= 11 is 12.5. The number of hydrogen-bond acceptors (Lipinski definition) is 3. The molecule has 0 aromatic heterocycles. The van der Waals surface area contributed by atoms with E-state index in [0.29, 0.717) is 16.4 Å². The SMILES string of the molecule is CC1Sc2ccccc2N2C(=S)N(C(N)=S)CC12. The van der Waals surface area contributed by atoms with E-state index in [0.717, 1.165) is 11.7 Å². The number of nitrogens with zero attached hydrogens (tertiary/aromatic N) is 2. The zero-order chi connectivity index (χ0) is 12.9. The summed E-state index contributed by atoms with van der Waals surface area (Å²) in [5.74, 6) is 0. The lowest BCUT2D eigenvalue weighted by Crippen LogP contribution is -2.43. The van der Waals surface area contributed by atoms with Crippen LogP contribution >= 0.6 is 36.2 Å². The van der Waals surface area contributed by atoms with Crippen LogP contribution < -0.4 is 10.6 Å². The van der Waals surface area contributed by atoms with Gasteiger partial charge in [0.15, 0.2) is 10.2 Å². The number of rotatable bonds is 0. The Morgan fingerprint density at radius 1 is 1.44 bits per heavy atom. The van der Waals surface area contributed by atoms with Crippen LogP contribution in [-0.2, 0) is 0 Å². The second-order valence-electron chi connectivity index (χ2n) is 4.46. The lowest BCUT2D eigenvalue weighted by Gasteiger charge is -2.35. The van der Waals surface area contributed by atoms with Gasteiger partial charge in [-0.2, -0.15) is 0 Å². The molecule has 1 aromatic carbocycles. The third kappa shape index (κ3) is 1.71. The van der Waals surface area contributed by atoms with Crippen LogP contribution in [0, 0.1) is 0 Å². The molecule has 2 atom stereocenters. The van der Waals surface area contributed by atoms with Gasteiger partial charge in [0, 0.05) is 16.7 Å². The van der Waals surface area contributed by atoms with E-state index in [1.165, 1.54) is 10.6 Å². The molecular formula is C12H13N3S3. The van der Waals surface area contributed by atoms with Crippen molar-refractivity contribution in [1.82, 2.24) is 4.90 Å². The largest absolute Gasteiger partial charge is 0.376 e. The molecule has 3 rings (SSSR count). The Balaban J connectivity index is 2.07. The van der Waals surface area contributed by atoms with E-state index in [2.05, 4.69) is 30.0 Å². The average molecular weight is 295 g/mol. The molecule has 18 heavy (non-hydrogen) atoms. The fraction of sp³-hybridized carbons (Fsp3) is 0.333. The Hall–Kier alpha value is -0.850. The van der Waals surface area contributed by atoms with Gasteiger partial charge >= 0.3 is 0 Å². The van der Waals surface area contributed by atoms with E-state index in [4.69, 9.17) is 30.2 Å². The molecule has 2 unspecified atom stereocenters. The van der Waals surface area contributed by atoms with Gasteiger partial charge in [-0.05, 0) is 36.6 Å². The first-order chi connectivity index (χ1) is 8.59.